The third-order valence-electron chi connectivity index (χ3n) is 2.73. The van der Waals surface area contributed by atoms with E-state index in [1.807, 2.05) is 0 Å². The highest BCUT2D eigenvalue weighted by Crippen LogP contribution is 2.24. The number of rotatable bonds is 5. The van der Waals surface area contributed by atoms with E-state index in [1.165, 1.54) is 18.2 Å². The van der Waals surface area contributed by atoms with Crippen LogP contribution in [0.1, 0.15) is 19.4 Å². The number of halogens is 1. The van der Waals surface area contributed by atoms with Crippen LogP contribution in [0.3, 0.4) is 0 Å². The number of carbonyl (C=O) groups is 1. The van der Waals surface area contributed by atoms with E-state index < -0.39 is 21.4 Å². The van der Waals surface area contributed by atoms with Crippen LogP contribution in [0.4, 0.5) is 9.52 Å². The van der Waals surface area contributed by atoms with Crippen molar-refractivity contribution >= 4 is 32.2 Å². The molecule has 6 nitrogen and oxygen atoms in total. The van der Waals surface area contributed by atoms with E-state index >= 15 is 0 Å². The fourth-order valence-corrected chi connectivity index (χ4v) is 3.85. The summed E-state index contributed by atoms with van der Waals surface area (Å²) >= 11 is 0.746. The molecule has 1 aromatic carbocycles. The molecule has 1 aromatic heterocycles. The molecule has 0 bridgehead atoms. The molecule has 22 heavy (non-hydrogen) atoms. The van der Waals surface area contributed by atoms with Crippen LogP contribution in [0.15, 0.2) is 28.6 Å². The molecular formula is C13H14FN3O3S2. The molecule has 0 atom stereocenters. The van der Waals surface area contributed by atoms with Crippen LogP contribution in [0.25, 0.3) is 0 Å². The molecule has 0 aliphatic carbocycles. The Morgan fingerprint density at radius 3 is 2.64 bits per heavy atom. The SMILES string of the molecule is CC(C)C(=O)Nc1nnc(S(=O)(=O)Cc2ccccc2F)s1. The Labute approximate surface area is 131 Å². The third-order valence-corrected chi connectivity index (χ3v) is 5.68. The summed E-state index contributed by atoms with van der Waals surface area (Å²) in [5.41, 5.74) is 0.0606. The van der Waals surface area contributed by atoms with Crippen LogP contribution in [-0.2, 0) is 20.4 Å². The average Bonchev–Trinajstić information content (AvgIpc) is 2.90. The van der Waals surface area contributed by atoms with Gasteiger partial charge in [0.15, 0.2) is 0 Å². The Kier molecular flexibility index (Phi) is 4.87. The normalized spacial score (nSPS) is 11.6. The van der Waals surface area contributed by atoms with Gasteiger partial charge in [0.2, 0.25) is 25.2 Å². The van der Waals surface area contributed by atoms with Gasteiger partial charge in [-0.25, -0.2) is 12.8 Å². The zero-order valence-electron chi connectivity index (χ0n) is 11.9. The summed E-state index contributed by atoms with van der Waals surface area (Å²) in [6.45, 7) is 3.40. The van der Waals surface area contributed by atoms with Crippen LogP contribution in [0, 0.1) is 11.7 Å². The lowest BCUT2D eigenvalue weighted by molar-refractivity contribution is -0.118. The van der Waals surface area contributed by atoms with Crippen LogP contribution >= 0.6 is 11.3 Å². The van der Waals surface area contributed by atoms with Gasteiger partial charge in [-0.15, -0.1) is 10.2 Å². The first-order valence-corrected chi connectivity index (χ1v) is 8.87. The number of nitrogens with one attached hydrogen (secondary N) is 1. The molecule has 118 valence electrons. The summed E-state index contributed by atoms with van der Waals surface area (Å²) in [5.74, 6) is -1.65. The van der Waals surface area contributed by atoms with Crippen molar-refractivity contribution < 1.29 is 17.6 Å². The number of carbonyl (C=O) groups excluding carboxylic acids is 1. The molecule has 0 saturated carbocycles. The van der Waals surface area contributed by atoms with Gasteiger partial charge in [0.05, 0.1) is 5.75 Å². The fraction of sp³-hybridized carbons (Fsp3) is 0.308. The van der Waals surface area contributed by atoms with E-state index in [0.29, 0.717) is 0 Å². The van der Waals surface area contributed by atoms with Crippen molar-refractivity contribution in [2.45, 2.75) is 23.9 Å². The second kappa shape index (κ2) is 6.49. The second-order valence-electron chi connectivity index (χ2n) is 4.87. The van der Waals surface area contributed by atoms with Crippen molar-refractivity contribution in [3.63, 3.8) is 0 Å². The number of amides is 1. The van der Waals surface area contributed by atoms with Crippen molar-refractivity contribution in [1.29, 1.82) is 0 Å². The van der Waals surface area contributed by atoms with E-state index in [4.69, 9.17) is 0 Å². The first kappa shape index (κ1) is 16.5. The van der Waals surface area contributed by atoms with Crippen molar-refractivity contribution in [2.24, 2.45) is 5.92 Å². The summed E-state index contributed by atoms with van der Waals surface area (Å²) in [5, 5.41) is 9.78. The van der Waals surface area contributed by atoms with Crippen molar-refractivity contribution in [3.05, 3.63) is 35.6 Å². The number of benzene rings is 1. The first-order valence-electron chi connectivity index (χ1n) is 6.40. The molecule has 0 spiro atoms. The molecule has 1 N–H and O–H groups in total. The van der Waals surface area contributed by atoms with E-state index in [1.54, 1.807) is 19.9 Å². The summed E-state index contributed by atoms with van der Waals surface area (Å²) in [7, 11) is -3.82. The highest BCUT2D eigenvalue weighted by Gasteiger charge is 2.23. The zero-order chi connectivity index (χ0) is 16.3. The fourth-order valence-electron chi connectivity index (χ4n) is 1.52. The summed E-state index contributed by atoms with van der Waals surface area (Å²) in [4.78, 5) is 11.5. The molecule has 0 unspecified atom stereocenters. The van der Waals surface area contributed by atoms with Crippen molar-refractivity contribution in [3.8, 4) is 0 Å². The highest BCUT2D eigenvalue weighted by atomic mass is 32.2. The lowest BCUT2D eigenvalue weighted by Crippen LogP contribution is -2.17. The lowest BCUT2D eigenvalue weighted by Gasteiger charge is -2.03. The van der Waals surface area contributed by atoms with Gasteiger partial charge in [0, 0.05) is 11.5 Å². The zero-order valence-corrected chi connectivity index (χ0v) is 13.5. The minimum Gasteiger partial charge on any atom is -0.300 e. The molecule has 1 heterocycles. The second-order valence-corrected chi connectivity index (χ2v) is 8.01. The van der Waals surface area contributed by atoms with Gasteiger partial charge in [-0.05, 0) is 6.07 Å². The van der Waals surface area contributed by atoms with Crippen LogP contribution in [0.5, 0.6) is 0 Å². The molecule has 2 rings (SSSR count). The quantitative estimate of drug-likeness (QED) is 0.841. The Balaban J connectivity index is 2.19. The number of anilines is 1. The lowest BCUT2D eigenvalue weighted by atomic mass is 10.2. The molecule has 0 aliphatic heterocycles. The standard InChI is InChI=1S/C13H14FN3O3S2/c1-8(2)11(18)15-12-16-17-13(21-12)22(19,20)7-9-5-3-4-6-10(9)14/h3-6,8H,7H2,1-2H3,(H,15,16,18). The predicted octanol–water partition coefficient (Wildman–Crippen LogP) is 2.25. The highest BCUT2D eigenvalue weighted by molar-refractivity contribution is 7.92. The molecule has 0 fully saturated rings. The summed E-state index contributed by atoms with van der Waals surface area (Å²) < 4.78 is 37.7. The molecule has 0 radical (unpaired) electrons. The molecule has 1 amide bonds. The molecular weight excluding hydrogens is 329 g/mol. The molecule has 9 heteroatoms. The van der Waals surface area contributed by atoms with Crippen LogP contribution < -0.4 is 5.32 Å². The van der Waals surface area contributed by atoms with Crippen LogP contribution in [-0.4, -0.2) is 24.5 Å². The number of hydrogen-bond donors (Lipinski definition) is 1. The van der Waals surface area contributed by atoms with Gasteiger partial charge in [-0.1, -0.05) is 43.4 Å². The monoisotopic (exact) mass is 343 g/mol. The van der Waals surface area contributed by atoms with Gasteiger partial charge < -0.3 is 5.32 Å². The average molecular weight is 343 g/mol. The number of sulfone groups is 1. The van der Waals surface area contributed by atoms with Crippen molar-refractivity contribution in [2.75, 3.05) is 5.32 Å². The third kappa shape index (κ3) is 3.86. The molecule has 0 saturated heterocycles. The van der Waals surface area contributed by atoms with E-state index in [-0.39, 0.29) is 26.9 Å². The maximum absolute atomic E-state index is 13.5. The van der Waals surface area contributed by atoms with Gasteiger partial charge >= 0.3 is 0 Å². The van der Waals surface area contributed by atoms with E-state index in [2.05, 4.69) is 15.5 Å². The summed E-state index contributed by atoms with van der Waals surface area (Å²) in [6.07, 6.45) is 0. The Hall–Kier alpha value is -1.87. The van der Waals surface area contributed by atoms with Gasteiger partial charge in [0.1, 0.15) is 5.82 Å². The van der Waals surface area contributed by atoms with Crippen molar-refractivity contribution in [1.82, 2.24) is 10.2 Å². The number of hydrogen-bond acceptors (Lipinski definition) is 6. The Morgan fingerprint density at radius 1 is 1.32 bits per heavy atom. The smallest absolute Gasteiger partial charge is 0.234 e. The topological polar surface area (TPSA) is 89.0 Å². The van der Waals surface area contributed by atoms with Gasteiger partial charge in [-0.2, -0.15) is 0 Å². The minimum absolute atomic E-state index is 0.0606. The largest absolute Gasteiger partial charge is 0.300 e. The van der Waals surface area contributed by atoms with E-state index in [0.717, 1.165) is 11.3 Å². The van der Waals surface area contributed by atoms with Crippen LogP contribution in [0.2, 0.25) is 0 Å². The Bertz CT molecular complexity index is 787. The maximum atomic E-state index is 13.5. The molecule has 0 aliphatic rings. The first-order chi connectivity index (χ1) is 10.3. The predicted molar refractivity (Wildman–Crippen MR) is 80.7 cm³/mol. The van der Waals surface area contributed by atoms with Gasteiger partial charge in [0.25, 0.3) is 0 Å². The Morgan fingerprint density at radius 2 is 2.00 bits per heavy atom. The van der Waals surface area contributed by atoms with Gasteiger partial charge in [-0.3, -0.25) is 4.79 Å². The maximum Gasteiger partial charge on any atom is 0.234 e. The van der Waals surface area contributed by atoms with E-state index in [9.17, 15) is 17.6 Å². The minimum atomic E-state index is -3.82. The summed E-state index contributed by atoms with van der Waals surface area (Å²) in [6, 6.07) is 5.63. The molecule has 2 aromatic rings. The number of nitrogens with zero attached hydrogens (tertiary/aromatic N) is 2. The number of aromatic nitrogens is 2.